The van der Waals surface area contributed by atoms with Crippen molar-refractivity contribution < 1.29 is 4.74 Å². The topological polar surface area (TPSA) is 110 Å². The second kappa shape index (κ2) is 12.7. The highest BCUT2D eigenvalue weighted by Gasteiger charge is 2.19. The molecule has 0 amide bonds. The molecule has 2 saturated carbocycles. The molecule has 0 saturated heterocycles. The van der Waals surface area contributed by atoms with Crippen LogP contribution in [0.2, 0.25) is 0 Å². The SMILES string of the molecule is COc1ccc(Nc2nc(NCC3CCC(N)CC3)nc(NC3CCCCCC3)n2)cc1CI. The third-order valence-corrected chi connectivity index (χ3v) is 7.77. The summed E-state index contributed by atoms with van der Waals surface area (Å²) < 4.78 is 6.33. The maximum Gasteiger partial charge on any atom is 0.233 e. The molecule has 0 spiro atoms. The first-order valence-electron chi connectivity index (χ1n) is 12.6. The van der Waals surface area contributed by atoms with Crippen molar-refractivity contribution in [3.05, 3.63) is 23.8 Å². The molecule has 1 aromatic heterocycles. The smallest absolute Gasteiger partial charge is 0.233 e. The Bertz CT molecular complexity index is 912. The number of ether oxygens (including phenoxy) is 1. The van der Waals surface area contributed by atoms with Crippen molar-refractivity contribution in [2.24, 2.45) is 11.7 Å². The van der Waals surface area contributed by atoms with E-state index in [0.29, 0.717) is 35.8 Å². The van der Waals surface area contributed by atoms with E-state index in [2.05, 4.69) is 44.6 Å². The molecule has 2 fully saturated rings. The van der Waals surface area contributed by atoms with Crippen LogP contribution < -0.4 is 26.4 Å². The molecule has 1 aromatic carbocycles. The molecule has 2 aromatic rings. The van der Waals surface area contributed by atoms with Crippen molar-refractivity contribution in [3.63, 3.8) is 0 Å². The van der Waals surface area contributed by atoms with E-state index in [1.165, 1.54) is 25.7 Å². The Morgan fingerprint density at radius 2 is 1.65 bits per heavy atom. The van der Waals surface area contributed by atoms with Crippen LogP contribution in [0.1, 0.15) is 69.8 Å². The van der Waals surface area contributed by atoms with Gasteiger partial charge < -0.3 is 26.4 Å². The van der Waals surface area contributed by atoms with E-state index in [-0.39, 0.29) is 0 Å². The van der Waals surface area contributed by atoms with Gasteiger partial charge in [0.2, 0.25) is 17.8 Å². The second-order valence-corrected chi connectivity index (χ2v) is 10.3. The summed E-state index contributed by atoms with van der Waals surface area (Å²) in [6.07, 6.45) is 12.0. The van der Waals surface area contributed by atoms with Gasteiger partial charge in [-0.25, -0.2) is 0 Å². The van der Waals surface area contributed by atoms with Gasteiger partial charge in [-0.1, -0.05) is 48.3 Å². The van der Waals surface area contributed by atoms with Crippen LogP contribution in [0.3, 0.4) is 0 Å². The highest BCUT2D eigenvalue weighted by atomic mass is 127. The molecule has 4 rings (SSSR count). The van der Waals surface area contributed by atoms with Crippen LogP contribution in [-0.2, 0) is 4.43 Å². The summed E-state index contributed by atoms with van der Waals surface area (Å²) in [7, 11) is 1.70. The lowest BCUT2D eigenvalue weighted by Gasteiger charge is -2.26. The zero-order valence-corrected chi connectivity index (χ0v) is 22.3. The van der Waals surface area contributed by atoms with Crippen LogP contribution in [0.4, 0.5) is 23.5 Å². The Labute approximate surface area is 216 Å². The van der Waals surface area contributed by atoms with Crippen molar-refractivity contribution in [1.82, 2.24) is 15.0 Å². The number of rotatable bonds is 9. The summed E-state index contributed by atoms with van der Waals surface area (Å²) in [5.74, 6) is 3.30. The summed E-state index contributed by atoms with van der Waals surface area (Å²) in [4.78, 5) is 14.1. The van der Waals surface area contributed by atoms with E-state index in [1.807, 2.05) is 12.1 Å². The Morgan fingerprint density at radius 1 is 0.941 bits per heavy atom. The standard InChI is InChI=1S/C25H38IN7O/c1-34-22-13-12-21(14-18(22)15-26)30-25-32-23(28-16-17-8-10-19(27)11-9-17)31-24(33-25)29-20-6-4-2-3-5-7-20/h12-14,17,19-20H,2-11,15-16,27H2,1H3,(H3,28,29,30,31,32,33). The minimum Gasteiger partial charge on any atom is -0.496 e. The largest absolute Gasteiger partial charge is 0.496 e. The van der Waals surface area contributed by atoms with Crippen molar-refractivity contribution in [1.29, 1.82) is 0 Å². The fourth-order valence-corrected chi connectivity index (χ4v) is 5.50. The van der Waals surface area contributed by atoms with E-state index in [4.69, 9.17) is 25.4 Å². The average Bonchev–Trinajstić information content (AvgIpc) is 3.12. The van der Waals surface area contributed by atoms with Gasteiger partial charge >= 0.3 is 0 Å². The van der Waals surface area contributed by atoms with Crippen LogP contribution in [0.25, 0.3) is 0 Å². The minimum absolute atomic E-state index is 0.358. The molecule has 0 atom stereocenters. The zero-order valence-electron chi connectivity index (χ0n) is 20.2. The molecular formula is C25H38IN7O. The highest BCUT2D eigenvalue weighted by Crippen LogP contribution is 2.28. The number of hydrogen-bond acceptors (Lipinski definition) is 8. The Balaban J connectivity index is 1.50. The van der Waals surface area contributed by atoms with E-state index in [0.717, 1.165) is 66.5 Å². The number of hydrogen-bond donors (Lipinski definition) is 4. The predicted octanol–water partition coefficient (Wildman–Crippen LogP) is 5.62. The summed E-state index contributed by atoms with van der Waals surface area (Å²) in [5, 5.41) is 10.5. The quantitative estimate of drug-likeness (QED) is 0.172. The minimum atomic E-state index is 0.358. The molecule has 2 aliphatic rings. The van der Waals surface area contributed by atoms with Crippen molar-refractivity contribution >= 4 is 46.1 Å². The fraction of sp³-hybridized carbons (Fsp3) is 0.640. The number of nitrogens with one attached hydrogen (secondary N) is 3. The van der Waals surface area contributed by atoms with Gasteiger partial charge in [-0.05, 0) is 62.6 Å². The number of alkyl halides is 1. The lowest BCUT2D eigenvalue weighted by molar-refractivity contribution is 0.338. The summed E-state index contributed by atoms with van der Waals surface area (Å²) >= 11 is 2.35. The van der Waals surface area contributed by atoms with Gasteiger partial charge in [0.25, 0.3) is 0 Å². The maximum atomic E-state index is 6.08. The van der Waals surface area contributed by atoms with Crippen molar-refractivity contribution in [2.45, 2.75) is 80.7 Å². The Kier molecular flexibility index (Phi) is 9.43. The van der Waals surface area contributed by atoms with Crippen LogP contribution in [0.15, 0.2) is 18.2 Å². The first-order valence-corrected chi connectivity index (χ1v) is 14.2. The summed E-state index contributed by atoms with van der Waals surface area (Å²) in [6, 6.07) is 6.84. The molecule has 8 nitrogen and oxygen atoms in total. The molecule has 0 radical (unpaired) electrons. The lowest BCUT2D eigenvalue weighted by atomic mass is 9.86. The first-order chi connectivity index (χ1) is 16.6. The van der Waals surface area contributed by atoms with E-state index in [1.54, 1.807) is 7.11 Å². The van der Waals surface area contributed by atoms with E-state index < -0.39 is 0 Å². The molecule has 0 aliphatic heterocycles. The van der Waals surface area contributed by atoms with Gasteiger partial charge in [0.05, 0.1) is 7.11 Å². The van der Waals surface area contributed by atoms with Gasteiger partial charge in [-0.15, -0.1) is 0 Å². The Morgan fingerprint density at radius 3 is 2.35 bits per heavy atom. The average molecular weight is 580 g/mol. The molecule has 34 heavy (non-hydrogen) atoms. The molecular weight excluding hydrogens is 541 g/mol. The normalized spacial score (nSPS) is 21.5. The third-order valence-electron chi connectivity index (χ3n) is 6.94. The molecule has 0 bridgehead atoms. The van der Waals surface area contributed by atoms with Gasteiger partial charge in [-0.3, -0.25) is 0 Å². The molecule has 0 unspecified atom stereocenters. The highest BCUT2D eigenvalue weighted by molar-refractivity contribution is 14.1. The van der Waals surface area contributed by atoms with Crippen molar-refractivity contribution in [3.8, 4) is 5.75 Å². The van der Waals surface area contributed by atoms with E-state index in [9.17, 15) is 0 Å². The van der Waals surface area contributed by atoms with Gasteiger partial charge in [0.15, 0.2) is 0 Å². The predicted molar refractivity (Wildman–Crippen MR) is 147 cm³/mol. The van der Waals surface area contributed by atoms with Crippen LogP contribution >= 0.6 is 22.6 Å². The number of anilines is 4. The van der Waals surface area contributed by atoms with Crippen LogP contribution in [-0.4, -0.2) is 40.7 Å². The monoisotopic (exact) mass is 579 g/mol. The molecule has 5 N–H and O–H groups in total. The van der Waals surface area contributed by atoms with Gasteiger partial charge in [-0.2, -0.15) is 15.0 Å². The van der Waals surface area contributed by atoms with Gasteiger partial charge in [0, 0.05) is 34.3 Å². The van der Waals surface area contributed by atoms with Gasteiger partial charge in [0.1, 0.15) is 5.75 Å². The zero-order chi connectivity index (χ0) is 23.8. The number of aromatic nitrogens is 3. The number of methoxy groups -OCH3 is 1. The second-order valence-electron chi connectivity index (χ2n) is 9.59. The Hall–Kier alpha value is -1.88. The summed E-state index contributed by atoms with van der Waals surface area (Å²) in [5.41, 5.74) is 8.15. The molecule has 9 heteroatoms. The van der Waals surface area contributed by atoms with Crippen LogP contribution in [0.5, 0.6) is 5.75 Å². The van der Waals surface area contributed by atoms with Crippen molar-refractivity contribution in [2.75, 3.05) is 29.6 Å². The molecule has 2 aliphatic carbocycles. The number of nitrogens with two attached hydrogens (primary N) is 1. The molecule has 186 valence electrons. The number of nitrogens with zero attached hydrogens (tertiary/aromatic N) is 3. The number of halogens is 1. The fourth-order valence-electron chi connectivity index (χ4n) is 4.90. The van der Waals surface area contributed by atoms with E-state index >= 15 is 0 Å². The number of benzene rings is 1. The summed E-state index contributed by atoms with van der Waals surface area (Å²) in [6.45, 7) is 0.862. The van der Waals surface area contributed by atoms with Crippen LogP contribution in [0, 0.1) is 5.92 Å². The maximum absolute atomic E-state index is 6.08. The molecule has 1 heterocycles. The third kappa shape index (κ3) is 7.31. The lowest BCUT2D eigenvalue weighted by Crippen LogP contribution is -2.29. The first kappa shape index (κ1) is 25.2.